The third-order valence-corrected chi connectivity index (χ3v) is 4.75. The molecule has 134 valence electrons. The Morgan fingerprint density at radius 1 is 1.36 bits per heavy atom. The number of ether oxygens (including phenoxy) is 1. The van der Waals surface area contributed by atoms with Gasteiger partial charge in [-0.3, -0.25) is 9.59 Å². The zero-order chi connectivity index (χ0) is 17.8. The molecule has 0 unspecified atom stereocenters. The molecule has 1 aromatic heterocycles. The molecule has 1 N–H and O–H groups in total. The summed E-state index contributed by atoms with van der Waals surface area (Å²) >= 11 is 0. The molecule has 1 fully saturated rings. The summed E-state index contributed by atoms with van der Waals surface area (Å²) in [5.41, 5.74) is 1.19. The number of carbonyl (C=O) groups excluding carboxylic acids is 2. The van der Waals surface area contributed by atoms with Gasteiger partial charge in [0.25, 0.3) is 5.91 Å². The number of carbonyl (C=O) groups is 2. The van der Waals surface area contributed by atoms with E-state index >= 15 is 0 Å². The maximum absolute atomic E-state index is 12.3. The van der Waals surface area contributed by atoms with Crippen molar-refractivity contribution in [1.82, 2.24) is 4.90 Å². The van der Waals surface area contributed by atoms with Gasteiger partial charge in [0, 0.05) is 29.6 Å². The van der Waals surface area contributed by atoms with Crippen LogP contribution >= 0.6 is 0 Å². The maximum atomic E-state index is 12.3. The van der Waals surface area contributed by atoms with Crippen molar-refractivity contribution in [3.63, 3.8) is 0 Å². The molecule has 1 aliphatic rings. The van der Waals surface area contributed by atoms with Gasteiger partial charge in [0.2, 0.25) is 0 Å². The van der Waals surface area contributed by atoms with Crippen molar-refractivity contribution in [2.75, 3.05) is 13.2 Å². The Balaban J connectivity index is 1.56. The number of rotatable bonds is 5. The van der Waals surface area contributed by atoms with Crippen LogP contribution in [0, 0.1) is 0 Å². The molecule has 1 aliphatic heterocycles. The lowest BCUT2D eigenvalue weighted by atomic mass is 10.00. The molecule has 0 aliphatic carbocycles. The highest BCUT2D eigenvalue weighted by Crippen LogP contribution is 2.25. The van der Waals surface area contributed by atoms with Gasteiger partial charge in [-0.1, -0.05) is 6.92 Å². The Morgan fingerprint density at radius 3 is 3.00 bits per heavy atom. The van der Waals surface area contributed by atoms with Gasteiger partial charge in [-0.05, 0) is 37.8 Å². The number of nitrogens with zero attached hydrogens (tertiary/aromatic N) is 1. The number of hydrogen-bond acceptors (Lipinski definition) is 5. The van der Waals surface area contributed by atoms with Crippen molar-refractivity contribution in [2.24, 2.45) is 0 Å². The number of benzene rings is 1. The van der Waals surface area contributed by atoms with Crippen LogP contribution in [0.2, 0.25) is 0 Å². The average Bonchev–Trinajstić information content (AvgIpc) is 3.01. The first kappa shape index (κ1) is 17.3. The Bertz CT molecular complexity index is 766. The van der Waals surface area contributed by atoms with Gasteiger partial charge in [0.05, 0.1) is 12.7 Å². The van der Waals surface area contributed by atoms with Gasteiger partial charge in [-0.2, -0.15) is 0 Å². The summed E-state index contributed by atoms with van der Waals surface area (Å²) in [6.07, 6.45) is 5.60. The zero-order valence-corrected chi connectivity index (χ0v) is 14.4. The number of aromatic hydroxyl groups is 1. The van der Waals surface area contributed by atoms with Gasteiger partial charge in [-0.25, -0.2) is 0 Å². The van der Waals surface area contributed by atoms with Crippen LogP contribution < -0.4 is 0 Å². The number of phenols is 1. The molecular weight excluding hydrogens is 322 g/mol. The van der Waals surface area contributed by atoms with E-state index < -0.39 is 5.97 Å². The first-order valence-electron chi connectivity index (χ1n) is 8.72. The molecule has 2 heterocycles. The number of hydrogen-bond donors (Lipinski definition) is 1. The molecule has 0 saturated carbocycles. The van der Waals surface area contributed by atoms with Crippen LogP contribution in [0.25, 0.3) is 11.0 Å². The summed E-state index contributed by atoms with van der Waals surface area (Å²) in [6.45, 7) is 2.60. The van der Waals surface area contributed by atoms with Gasteiger partial charge in [-0.15, -0.1) is 0 Å². The van der Waals surface area contributed by atoms with Crippen LogP contribution in [0.3, 0.4) is 0 Å². The van der Waals surface area contributed by atoms with E-state index in [1.165, 1.54) is 18.4 Å². The average molecular weight is 345 g/mol. The molecule has 6 nitrogen and oxygen atoms in total. The van der Waals surface area contributed by atoms with Gasteiger partial charge >= 0.3 is 5.97 Å². The molecule has 1 amide bonds. The molecular formula is C19H23NO5. The first-order valence-corrected chi connectivity index (χ1v) is 8.72. The fraction of sp³-hybridized carbons (Fsp3) is 0.474. The van der Waals surface area contributed by atoms with Crippen molar-refractivity contribution in [2.45, 2.75) is 45.1 Å². The van der Waals surface area contributed by atoms with Crippen LogP contribution in [0.4, 0.5) is 0 Å². The van der Waals surface area contributed by atoms with Crippen LogP contribution in [-0.2, 0) is 20.7 Å². The van der Waals surface area contributed by atoms with Crippen LogP contribution in [0.15, 0.2) is 28.9 Å². The summed E-state index contributed by atoms with van der Waals surface area (Å²) in [5.74, 6) is -0.482. The third kappa shape index (κ3) is 3.95. The predicted octanol–water partition coefficient (Wildman–Crippen LogP) is 3.02. The van der Waals surface area contributed by atoms with Crippen molar-refractivity contribution >= 4 is 22.8 Å². The Morgan fingerprint density at radius 2 is 2.20 bits per heavy atom. The lowest BCUT2D eigenvalue weighted by molar-refractivity contribution is -0.153. The second-order valence-corrected chi connectivity index (χ2v) is 6.42. The van der Waals surface area contributed by atoms with Crippen molar-refractivity contribution < 1.29 is 23.8 Å². The summed E-state index contributed by atoms with van der Waals surface area (Å²) in [5, 5.41) is 10.2. The molecule has 1 atom stereocenters. The fourth-order valence-electron chi connectivity index (χ4n) is 3.39. The monoisotopic (exact) mass is 345 g/mol. The Kier molecular flexibility index (Phi) is 5.26. The van der Waals surface area contributed by atoms with Gasteiger partial charge in [0.1, 0.15) is 11.3 Å². The van der Waals surface area contributed by atoms with E-state index in [1.807, 2.05) is 4.90 Å². The summed E-state index contributed by atoms with van der Waals surface area (Å²) in [4.78, 5) is 26.2. The van der Waals surface area contributed by atoms with E-state index in [4.69, 9.17) is 9.15 Å². The van der Waals surface area contributed by atoms with E-state index in [9.17, 15) is 14.7 Å². The first-order chi connectivity index (χ1) is 12.1. The van der Waals surface area contributed by atoms with Gasteiger partial charge < -0.3 is 19.2 Å². The maximum Gasteiger partial charge on any atom is 0.310 e. The fourth-order valence-corrected chi connectivity index (χ4v) is 3.39. The topological polar surface area (TPSA) is 80.0 Å². The number of phenolic OH excluding ortho intramolecular Hbond substituents is 1. The zero-order valence-electron chi connectivity index (χ0n) is 14.4. The van der Waals surface area contributed by atoms with E-state index in [1.54, 1.807) is 6.07 Å². The normalized spacial score (nSPS) is 17.6. The SMILES string of the molecule is CC[C@@H]1CCCCN1C(=O)COC(=O)Cc1coc2cc(O)ccc12. The second kappa shape index (κ2) is 7.59. The molecule has 3 rings (SSSR count). The predicted molar refractivity (Wildman–Crippen MR) is 92.2 cm³/mol. The smallest absolute Gasteiger partial charge is 0.310 e. The molecule has 1 saturated heterocycles. The quantitative estimate of drug-likeness (QED) is 0.843. The number of esters is 1. The molecule has 6 heteroatoms. The lowest BCUT2D eigenvalue weighted by Crippen LogP contribution is -2.45. The molecule has 2 aromatic rings. The number of fused-ring (bicyclic) bond motifs is 1. The number of furan rings is 1. The van der Waals surface area contributed by atoms with Crippen LogP contribution in [0.5, 0.6) is 5.75 Å². The van der Waals surface area contributed by atoms with E-state index in [-0.39, 0.29) is 30.7 Å². The van der Waals surface area contributed by atoms with Crippen LogP contribution in [-0.4, -0.2) is 41.1 Å². The van der Waals surface area contributed by atoms with Crippen LogP contribution in [0.1, 0.15) is 38.2 Å². The lowest BCUT2D eigenvalue weighted by Gasteiger charge is -2.35. The number of piperidine rings is 1. The Hall–Kier alpha value is -2.50. The molecule has 1 aromatic carbocycles. The van der Waals surface area contributed by atoms with Gasteiger partial charge in [0.15, 0.2) is 6.61 Å². The summed E-state index contributed by atoms with van der Waals surface area (Å²) < 4.78 is 10.5. The molecule has 0 spiro atoms. The van der Waals surface area contributed by atoms with Crippen molar-refractivity contribution in [3.8, 4) is 5.75 Å². The highest BCUT2D eigenvalue weighted by molar-refractivity contribution is 5.87. The highest BCUT2D eigenvalue weighted by atomic mass is 16.5. The van der Waals surface area contributed by atoms with E-state index in [2.05, 4.69) is 6.92 Å². The minimum Gasteiger partial charge on any atom is -0.508 e. The molecule has 0 radical (unpaired) electrons. The van der Waals surface area contributed by atoms with E-state index in [0.29, 0.717) is 11.1 Å². The molecule has 0 bridgehead atoms. The van der Waals surface area contributed by atoms with E-state index in [0.717, 1.165) is 37.6 Å². The summed E-state index contributed by atoms with van der Waals surface area (Å²) in [6, 6.07) is 4.99. The standard InChI is InChI=1S/C19H23NO5/c1-2-14-5-3-4-8-20(14)18(22)12-25-19(23)9-13-11-24-17-10-15(21)6-7-16(13)17/h6-7,10-11,14,21H,2-5,8-9,12H2,1H3/t14-/m1/s1. The molecule has 25 heavy (non-hydrogen) atoms. The third-order valence-electron chi connectivity index (χ3n) is 4.75. The highest BCUT2D eigenvalue weighted by Gasteiger charge is 2.26. The van der Waals surface area contributed by atoms with Crippen molar-refractivity contribution in [1.29, 1.82) is 0 Å². The van der Waals surface area contributed by atoms with Crippen molar-refractivity contribution in [3.05, 3.63) is 30.0 Å². The minimum absolute atomic E-state index is 0.0300. The Labute approximate surface area is 146 Å². The minimum atomic E-state index is -0.464. The number of likely N-dealkylation sites (tertiary alicyclic amines) is 1. The summed E-state index contributed by atoms with van der Waals surface area (Å²) in [7, 11) is 0. The second-order valence-electron chi connectivity index (χ2n) is 6.42. The largest absolute Gasteiger partial charge is 0.508 e. The number of amides is 1.